The minimum atomic E-state index is -0.856. The van der Waals surface area contributed by atoms with Crippen LogP contribution < -0.4 is 5.32 Å². The molecule has 0 spiro atoms. The minimum Gasteiger partial charge on any atom is -0.506 e. The van der Waals surface area contributed by atoms with Crippen molar-refractivity contribution in [1.29, 1.82) is 0 Å². The van der Waals surface area contributed by atoms with Gasteiger partial charge >= 0.3 is 5.97 Å². The highest BCUT2D eigenvalue weighted by molar-refractivity contribution is 9.11. The fourth-order valence-electron chi connectivity index (χ4n) is 1.76. The Morgan fingerprint density at radius 2 is 2.19 bits per heavy atom. The van der Waals surface area contributed by atoms with Gasteiger partial charge in [-0.25, -0.2) is 0 Å². The van der Waals surface area contributed by atoms with Crippen LogP contribution in [0.5, 0.6) is 5.75 Å². The fourth-order valence-corrected chi connectivity index (χ4v) is 3.11. The molecule has 0 aliphatic carbocycles. The molecule has 2 rings (SSSR count). The summed E-state index contributed by atoms with van der Waals surface area (Å²) in [6.07, 6.45) is 0.419. The third-order valence-corrected chi connectivity index (χ3v) is 4.09. The van der Waals surface area contributed by atoms with Gasteiger partial charge in [-0.15, -0.1) is 0 Å². The number of carboxylic acid groups (broad SMARTS) is 1. The topological polar surface area (TPSA) is 69.6 Å². The summed E-state index contributed by atoms with van der Waals surface area (Å²) in [7, 11) is 0. The third kappa shape index (κ3) is 1.97. The maximum atomic E-state index is 10.9. The molecule has 0 radical (unpaired) electrons. The van der Waals surface area contributed by atoms with Gasteiger partial charge in [0.1, 0.15) is 11.8 Å². The van der Waals surface area contributed by atoms with Crippen molar-refractivity contribution < 1.29 is 15.0 Å². The monoisotopic (exact) mass is 351 g/mol. The van der Waals surface area contributed by atoms with E-state index in [2.05, 4.69) is 37.2 Å². The number of phenolic OH excluding ortho intramolecular Hbond substituents is 1. The van der Waals surface area contributed by atoms with Crippen molar-refractivity contribution in [3.05, 3.63) is 26.1 Å². The first-order chi connectivity index (χ1) is 7.50. The summed E-state index contributed by atoms with van der Waals surface area (Å²) >= 11 is 6.54. The van der Waals surface area contributed by atoms with Crippen molar-refractivity contribution in [2.24, 2.45) is 0 Å². The van der Waals surface area contributed by atoms with Crippen molar-refractivity contribution in [3.8, 4) is 5.75 Å². The number of phenols is 1. The SMILES string of the molecule is O=[14C](O)[C@H]1Cc2cc(Br)c(O)c(Br)c2CN1. The van der Waals surface area contributed by atoms with Gasteiger partial charge in [0, 0.05) is 6.54 Å². The van der Waals surface area contributed by atoms with Crippen molar-refractivity contribution in [2.75, 3.05) is 0 Å². The van der Waals surface area contributed by atoms with Crippen molar-refractivity contribution in [1.82, 2.24) is 5.32 Å². The molecule has 0 bridgehead atoms. The number of rotatable bonds is 1. The Labute approximate surface area is 109 Å². The molecule has 1 aliphatic rings. The van der Waals surface area contributed by atoms with Crippen LogP contribution in [0.4, 0.5) is 0 Å². The fraction of sp³-hybridized carbons (Fsp3) is 0.300. The quantitative estimate of drug-likeness (QED) is 0.723. The largest absolute Gasteiger partial charge is 0.506 e. The van der Waals surface area contributed by atoms with Crippen LogP contribution in [-0.2, 0) is 17.8 Å². The van der Waals surface area contributed by atoms with Gasteiger partial charge in [0.05, 0.1) is 8.95 Å². The molecule has 1 aromatic rings. The standard InChI is InChI=1S/C10H9Br2NO3/c11-6-1-4-2-7(10(15)16)13-3-5(4)8(12)9(6)14/h1,7,13-14H,2-3H2,(H,15,16)/t7-/m1/s1/i10+2. The number of fused-ring (bicyclic) bond motifs is 1. The molecule has 1 heterocycles. The summed E-state index contributed by atoms with van der Waals surface area (Å²) in [5.74, 6) is -0.708. The lowest BCUT2D eigenvalue weighted by Gasteiger charge is -2.24. The van der Waals surface area contributed by atoms with Gasteiger partial charge in [0.25, 0.3) is 0 Å². The van der Waals surface area contributed by atoms with Crippen molar-refractivity contribution in [2.45, 2.75) is 19.0 Å². The third-order valence-electron chi connectivity index (χ3n) is 2.64. The lowest BCUT2D eigenvalue weighted by molar-refractivity contribution is -0.139. The number of carboxylic acids is 1. The number of nitrogens with one attached hydrogen (secondary N) is 1. The number of aromatic hydroxyl groups is 1. The predicted octanol–water partition coefficient (Wildman–Crippen LogP) is 2.02. The van der Waals surface area contributed by atoms with E-state index in [4.69, 9.17) is 5.11 Å². The molecule has 1 atom stereocenters. The van der Waals surface area contributed by atoms with Gasteiger partial charge in [0.2, 0.25) is 0 Å². The van der Waals surface area contributed by atoms with E-state index in [1.807, 2.05) is 0 Å². The van der Waals surface area contributed by atoms with Crippen LogP contribution in [0.25, 0.3) is 0 Å². The molecular weight excluding hydrogens is 344 g/mol. The van der Waals surface area contributed by atoms with E-state index >= 15 is 0 Å². The molecule has 1 aliphatic heterocycles. The highest BCUT2D eigenvalue weighted by Crippen LogP contribution is 2.38. The first-order valence-corrected chi connectivity index (χ1v) is 6.24. The first kappa shape index (κ1) is 11.9. The lowest BCUT2D eigenvalue weighted by atomic mass is 9.99. The Kier molecular flexibility index (Phi) is 3.23. The Morgan fingerprint density at radius 3 is 2.81 bits per heavy atom. The maximum absolute atomic E-state index is 10.9. The zero-order chi connectivity index (χ0) is 11.9. The van der Waals surface area contributed by atoms with Crippen LogP contribution in [0.2, 0.25) is 0 Å². The molecule has 6 heteroatoms. The Balaban J connectivity index is 2.44. The van der Waals surface area contributed by atoms with E-state index < -0.39 is 12.0 Å². The highest BCUT2D eigenvalue weighted by atomic mass is 79.9. The van der Waals surface area contributed by atoms with E-state index in [-0.39, 0.29) is 5.75 Å². The van der Waals surface area contributed by atoms with Gasteiger partial charge in [-0.3, -0.25) is 10.1 Å². The Hall–Kier alpha value is -0.590. The molecule has 0 saturated heterocycles. The number of halogens is 2. The normalized spacial score (nSPS) is 19.2. The average molecular weight is 353 g/mol. The molecule has 86 valence electrons. The second-order valence-corrected chi connectivity index (χ2v) is 5.28. The van der Waals surface area contributed by atoms with Crippen molar-refractivity contribution >= 4 is 37.8 Å². The van der Waals surface area contributed by atoms with E-state index in [0.29, 0.717) is 21.9 Å². The first-order valence-electron chi connectivity index (χ1n) is 4.65. The molecule has 1 aromatic carbocycles. The molecular formula is C10H9Br2NO3. The van der Waals surface area contributed by atoms with E-state index in [0.717, 1.165) is 11.1 Å². The second kappa shape index (κ2) is 4.35. The molecule has 0 amide bonds. The number of hydrogen-bond acceptors (Lipinski definition) is 3. The number of hydrogen-bond donors (Lipinski definition) is 3. The summed E-state index contributed by atoms with van der Waals surface area (Å²) in [6, 6.07) is 1.21. The summed E-state index contributed by atoms with van der Waals surface area (Å²) in [5, 5.41) is 21.5. The van der Waals surface area contributed by atoms with Gasteiger partial charge in [-0.2, -0.15) is 0 Å². The van der Waals surface area contributed by atoms with Crippen LogP contribution in [0.1, 0.15) is 11.1 Å². The van der Waals surface area contributed by atoms with Crippen LogP contribution in [0.15, 0.2) is 15.0 Å². The van der Waals surface area contributed by atoms with Gasteiger partial charge in [0.15, 0.2) is 0 Å². The average Bonchev–Trinajstić information content (AvgIpc) is 2.25. The minimum absolute atomic E-state index is 0.148. The smallest absolute Gasteiger partial charge is 0.321 e. The molecule has 16 heavy (non-hydrogen) atoms. The summed E-state index contributed by atoms with van der Waals surface area (Å²) < 4.78 is 1.19. The number of carbonyl (C=O) groups is 1. The van der Waals surface area contributed by atoms with Gasteiger partial charge in [-0.1, -0.05) is 0 Å². The van der Waals surface area contributed by atoms with Crippen LogP contribution in [0, 0.1) is 0 Å². The summed E-state index contributed by atoms with van der Waals surface area (Å²) in [4.78, 5) is 10.9. The summed E-state index contributed by atoms with van der Waals surface area (Å²) in [5.41, 5.74) is 1.85. The zero-order valence-corrected chi connectivity index (χ0v) is 11.3. The second-order valence-electron chi connectivity index (χ2n) is 3.63. The Morgan fingerprint density at radius 1 is 1.50 bits per heavy atom. The van der Waals surface area contributed by atoms with Gasteiger partial charge < -0.3 is 10.2 Å². The highest BCUT2D eigenvalue weighted by Gasteiger charge is 2.26. The van der Waals surface area contributed by atoms with Crippen LogP contribution in [0.3, 0.4) is 0 Å². The van der Waals surface area contributed by atoms with E-state index in [1.165, 1.54) is 0 Å². The molecule has 0 saturated carbocycles. The van der Waals surface area contributed by atoms with E-state index in [1.54, 1.807) is 6.07 Å². The lowest BCUT2D eigenvalue weighted by Crippen LogP contribution is -2.41. The van der Waals surface area contributed by atoms with E-state index in [9.17, 15) is 9.90 Å². The van der Waals surface area contributed by atoms with Crippen molar-refractivity contribution in [3.63, 3.8) is 0 Å². The van der Waals surface area contributed by atoms with Gasteiger partial charge in [-0.05, 0) is 55.5 Å². The number of aliphatic carboxylic acids is 1. The molecule has 3 N–H and O–H groups in total. The van der Waals surface area contributed by atoms with Crippen LogP contribution in [-0.4, -0.2) is 22.2 Å². The molecule has 0 aromatic heterocycles. The number of benzene rings is 1. The maximum Gasteiger partial charge on any atom is 0.321 e. The Bertz CT molecular complexity index is 462. The predicted molar refractivity (Wildman–Crippen MR) is 65.5 cm³/mol. The molecule has 0 fully saturated rings. The molecule has 0 unspecified atom stereocenters. The summed E-state index contributed by atoms with van der Waals surface area (Å²) in [6.45, 7) is 0.438. The van der Waals surface area contributed by atoms with Crippen LogP contribution >= 0.6 is 31.9 Å². The molecule has 4 nitrogen and oxygen atoms in total. The zero-order valence-electron chi connectivity index (χ0n) is 8.13.